The van der Waals surface area contributed by atoms with Crippen molar-refractivity contribution in [2.75, 3.05) is 10.6 Å². The van der Waals surface area contributed by atoms with E-state index >= 15 is 0 Å². The number of aromatic nitrogens is 3. The van der Waals surface area contributed by atoms with Gasteiger partial charge in [0.15, 0.2) is 5.82 Å². The number of anilines is 4. The second kappa shape index (κ2) is 8.79. The van der Waals surface area contributed by atoms with Crippen LogP contribution in [0.1, 0.15) is 5.56 Å². The van der Waals surface area contributed by atoms with Gasteiger partial charge in [0.05, 0.1) is 6.20 Å². The van der Waals surface area contributed by atoms with Crippen molar-refractivity contribution in [3.8, 4) is 5.75 Å². The predicted octanol–water partition coefficient (Wildman–Crippen LogP) is 5.08. The first-order chi connectivity index (χ1) is 14.2. The Morgan fingerprint density at radius 2 is 1.48 bits per heavy atom. The van der Waals surface area contributed by atoms with Crippen LogP contribution in [0.25, 0.3) is 0 Å². The third-order valence-corrected chi connectivity index (χ3v) is 4.03. The molecular weight excluding hydrogens is 369 g/mol. The normalized spacial score (nSPS) is 10.4. The monoisotopic (exact) mass is 387 g/mol. The maximum Gasteiger partial charge on any atom is 0.249 e. The lowest BCUT2D eigenvalue weighted by Gasteiger charge is -2.09. The summed E-state index contributed by atoms with van der Waals surface area (Å²) in [5.41, 5.74) is 2.62. The van der Waals surface area contributed by atoms with Crippen LogP contribution in [0.15, 0.2) is 85.1 Å². The first kappa shape index (κ1) is 18.4. The SMILES string of the molecule is Fc1ccc(Nc2cnnc(Nc3ccc(OCc4ccccc4)cc3)n2)cc1. The summed E-state index contributed by atoms with van der Waals surface area (Å²) in [5, 5.41) is 14.1. The zero-order chi connectivity index (χ0) is 19.9. The molecule has 29 heavy (non-hydrogen) atoms. The highest BCUT2D eigenvalue weighted by Gasteiger charge is 2.03. The molecule has 0 saturated heterocycles. The molecule has 0 aliphatic heterocycles. The first-order valence-electron chi connectivity index (χ1n) is 9.01. The lowest BCUT2D eigenvalue weighted by molar-refractivity contribution is 0.306. The Labute approximate surface area is 167 Å². The van der Waals surface area contributed by atoms with Gasteiger partial charge in [-0.1, -0.05) is 30.3 Å². The zero-order valence-corrected chi connectivity index (χ0v) is 15.4. The van der Waals surface area contributed by atoms with Crippen LogP contribution in [0, 0.1) is 5.82 Å². The standard InChI is InChI=1S/C22H18FN5O/c23-17-6-8-18(9-7-17)25-21-14-24-28-22(27-21)26-19-10-12-20(13-11-19)29-15-16-4-2-1-3-5-16/h1-14H,15H2,(H2,25,26,27,28). The quantitative estimate of drug-likeness (QED) is 0.461. The van der Waals surface area contributed by atoms with E-state index in [0.29, 0.717) is 24.1 Å². The fraction of sp³-hybridized carbons (Fsp3) is 0.0455. The number of rotatable bonds is 7. The number of hydrogen-bond acceptors (Lipinski definition) is 6. The minimum atomic E-state index is -0.296. The highest BCUT2D eigenvalue weighted by Crippen LogP contribution is 2.20. The van der Waals surface area contributed by atoms with Crippen molar-refractivity contribution in [2.45, 2.75) is 6.61 Å². The smallest absolute Gasteiger partial charge is 0.249 e. The molecule has 4 rings (SSSR count). The molecule has 2 N–H and O–H groups in total. The number of benzene rings is 3. The second-order valence-corrected chi connectivity index (χ2v) is 6.22. The lowest BCUT2D eigenvalue weighted by atomic mass is 10.2. The van der Waals surface area contributed by atoms with Gasteiger partial charge in [-0.3, -0.25) is 0 Å². The van der Waals surface area contributed by atoms with E-state index in [1.165, 1.54) is 18.3 Å². The molecule has 1 aromatic heterocycles. The van der Waals surface area contributed by atoms with E-state index in [9.17, 15) is 4.39 Å². The summed E-state index contributed by atoms with van der Waals surface area (Å²) in [6, 6.07) is 23.5. The third-order valence-electron chi connectivity index (χ3n) is 4.03. The van der Waals surface area contributed by atoms with Gasteiger partial charge in [-0.2, -0.15) is 10.1 Å². The van der Waals surface area contributed by atoms with Crippen LogP contribution in [0.4, 0.5) is 27.5 Å². The molecule has 4 aromatic rings. The van der Waals surface area contributed by atoms with Crippen LogP contribution in [-0.4, -0.2) is 15.2 Å². The largest absolute Gasteiger partial charge is 0.489 e. The maximum absolute atomic E-state index is 13.0. The maximum atomic E-state index is 13.0. The molecule has 0 saturated carbocycles. The van der Waals surface area contributed by atoms with Crippen molar-refractivity contribution in [1.29, 1.82) is 0 Å². The number of nitrogens with zero attached hydrogens (tertiary/aromatic N) is 3. The Hall–Kier alpha value is -4.00. The molecule has 0 spiro atoms. The summed E-state index contributed by atoms with van der Waals surface area (Å²) in [6.45, 7) is 0.512. The van der Waals surface area contributed by atoms with Crippen molar-refractivity contribution >= 4 is 23.1 Å². The molecule has 0 atom stereocenters. The van der Waals surface area contributed by atoms with Crippen molar-refractivity contribution < 1.29 is 9.13 Å². The van der Waals surface area contributed by atoms with E-state index in [-0.39, 0.29) is 5.82 Å². The van der Waals surface area contributed by atoms with Crippen LogP contribution in [0.3, 0.4) is 0 Å². The Kier molecular flexibility index (Phi) is 5.57. The number of hydrogen-bond donors (Lipinski definition) is 2. The van der Waals surface area contributed by atoms with Crippen molar-refractivity contribution in [2.24, 2.45) is 0 Å². The van der Waals surface area contributed by atoms with Crippen LogP contribution in [0.2, 0.25) is 0 Å². The summed E-state index contributed by atoms with van der Waals surface area (Å²) in [5.74, 6) is 1.31. The van der Waals surface area contributed by atoms with E-state index in [0.717, 1.165) is 17.0 Å². The van der Waals surface area contributed by atoms with Crippen LogP contribution in [-0.2, 0) is 6.61 Å². The fourth-order valence-electron chi connectivity index (χ4n) is 2.60. The topological polar surface area (TPSA) is 72.0 Å². The van der Waals surface area contributed by atoms with Gasteiger partial charge in [0.2, 0.25) is 5.95 Å². The summed E-state index contributed by atoms with van der Waals surface area (Å²) in [7, 11) is 0. The van der Waals surface area contributed by atoms with Gasteiger partial charge in [0.1, 0.15) is 18.2 Å². The average Bonchev–Trinajstić information content (AvgIpc) is 2.76. The molecule has 7 heteroatoms. The minimum Gasteiger partial charge on any atom is -0.489 e. The minimum absolute atomic E-state index is 0.296. The Morgan fingerprint density at radius 3 is 2.24 bits per heavy atom. The molecule has 0 amide bonds. The summed E-state index contributed by atoms with van der Waals surface area (Å²) in [6.07, 6.45) is 1.50. The highest BCUT2D eigenvalue weighted by atomic mass is 19.1. The van der Waals surface area contributed by atoms with E-state index in [2.05, 4.69) is 25.8 Å². The van der Waals surface area contributed by atoms with E-state index in [4.69, 9.17) is 4.74 Å². The molecule has 0 bridgehead atoms. The molecule has 1 heterocycles. The Balaban J connectivity index is 1.37. The zero-order valence-electron chi connectivity index (χ0n) is 15.4. The van der Waals surface area contributed by atoms with Gasteiger partial charge >= 0.3 is 0 Å². The summed E-state index contributed by atoms with van der Waals surface area (Å²) < 4.78 is 18.8. The predicted molar refractivity (Wildman–Crippen MR) is 110 cm³/mol. The third kappa shape index (κ3) is 5.26. The van der Waals surface area contributed by atoms with E-state index in [1.807, 2.05) is 54.6 Å². The Morgan fingerprint density at radius 1 is 0.793 bits per heavy atom. The van der Waals surface area contributed by atoms with Crippen molar-refractivity contribution in [3.05, 3.63) is 96.4 Å². The highest BCUT2D eigenvalue weighted by molar-refractivity contribution is 5.58. The molecule has 6 nitrogen and oxygen atoms in total. The van der Waals surface area contributed by atoms with E-state index < -0.39 is 0 Å². The van der Waals surface area contributed by atoms with Gasteiger partial charge < -0.3 is 15.4 Å². The van der Waals surface area contributed by atoms with Crippen molar-refractivity contribution in [1.82, 2.24) is 15.2 Å². The van der Waals surface area contributed by atoms with Gasteiger partial charge in [0.25, 0.3) is 0 Å². The molecule has 0 unspecified atom stereocenters. The molecule has 0 aliphatic rings. The number of halogens is 1. The molecule has 0 aliphatic carbocycles. The van der Waals surface area contributed by atoms with Crippen molar-refractivity contribution in [3.63, 3.8) is 0 Å². The van der Waals surface area contributed by atoms with Crippen LogP contribution >= 0.6 is 0 Å². The molecule has 3 aromatic carbocycles. The molecular formula is C22H18FN5O. The Bertz CT molecular complexity index is 1060. The fourth-order valence-corrected chi connectivity index (χ4v) is 2.60. The first-order valence-corrected chi connectivity index (χ1v) is 9.01. The average molecular weight is 387 g/mol. The van der Waals surface area contributed by atoms with Gasteiger partial charge in [0, 0.05) is 11.4 Å². The number of nitrogens with one attached hydrogen (secondary N) is 2. The van der Waals surface area contributed by atoms with Crippen LogP contribution < -0.4 is 15.4 Å². The number of ether oxygens (including phenoxy) is 1. The molecule has 0 radical (unpaired) electrons. The van der Waals surface area contributed by atoms with E-state index in [1.54, 1.807) is 12.1 Å². The lowest BCUT2D eigenvalue weighted by Crippen LogP contribution is -2.02. The van der Waals surface area contributed by atoms with Crippen LogP contribution in [0.5, 0.6) is 5.75 Å². The second-order valence-electron chi connectivity index (χ2n) is 6.22. The van der Waals surface area contributed by atoms with Gasteiger partial charge in [-0.05, 0) is 54.1 Å². The van der Waals surface area contributed by atoms with Gasteiger partial charge in [-0.15, -0.1) is 5.10 Å². The summed E-state index contributed by atoms with van der Waals surface area (Å²) >= 11 is 0. The molecule has 0 fully saturated rings. The summed E-state index contributed by atoms with van der Waals surface area (Å²) in [4.78, 5) is 4.36. The molecule has 144 valence electrons. The van der Waals surface area contributed by atoms with Gasteiger partial charge in [-0.25, -0.2) is 4.39 Å².